The summed E-state index contributed by atoms with van der Waals surface area (Å²) in [5.41, 5.74) is -0.923. The first kappa shape index (κ1) is 16.5. The molecule has 1 aromatic heterocycles. The maximum absolute atomic E-state index is 12.0. The van der Waals surface area contributed by atoms with Gasteiger partial charge in [0.1, 0.15) is 0 Å². The van der Waals surface area contributed by atoms with Gasteiger partial charge in [-0.05, 0) is 57.0 Å². The van der Waals surface area contributed by atoms with Gasteiger partial charge in [0, 0.05) is 0 Å². The van der Waals surface area contributed by atoms with Gasteiger partial charge in [0.25, 0.3) is 0 Å². The normalized spacial score (nSPS) is 13.7. The van der Waals surface area contributed by atoms with E-state index in [0.717, 1.165) is 5.56 Å². The van der Waals surface area contributed by atoms with Gasteiger partial charge >= 0.3 is 12.0 Å². The summed E-state index contributed by atoms with van der Waals surface area (Å²) >= 11 is 1.57. The standard InChI is InChI=1S/C14H22N2O3S/c1-9(10-6-7-20-8-10)15-12(19)16-14(4,5)13(2,3)11(17)18/h6-9H,1-5H3,(H,17,18)(H2,15,16,19). The average Bonchev–Trinajstić information content (AvgIpc) is 2.80. The second-order valence-corrected chi connectivity index (χ2v) is 6.71. The van der Waals surface area contributed by atoms with Crippen molar-refractivity contribution in [1.82, 2.24) is 10.6 Å². The van der Waals surface area contributed by atoms with Crippen molar-refractivity contribution < 1.29 is 14.7 Å². The SMILES string of the molecule is CC(NC(=O)NC(C)(C)C(C)(C)C(=O)O)c1ccsc1. The summed E-state index contributed by atoms with van der Waals surface area (Å²) in [4.78, 5) is 23.3. The maximum Gasteiger partial charge on any atom is 0.315 e. The van der Waals surface area contributed by atoms with Crippen LogP contribution in [-0.2, 0) is 4.79 Å². The minimum Gasteiger partial charge on any atom is -0.481 e. The Kier molecular flexibility index (Phi) is 4.81. The molecule has 1 unspecified atom stereocenters. The Morgan fingerprint density at radius 3 is 2.35 bits per heavy atom. The van der Waals surface area contributed by atoms with Crippen molar-refractivity contribution in [3.63, 3.8) is 0 Å². The molecule has 0 saturated carbocycles. The lowest BCUT2D eigenvalue weighted by atomic mass is 9.74. The highest BCUT2D eigenvalue weighted by Crippen LogP contribution is 2.30. The third kappa shape index (κ3) is 3.50. The molecule has 0 fully saturated rings. The Balaban J connectivity index is 2.68. The first-order valence-corrected chi connectivity index (χ1v) is 7.36. The molecule has 5 nitrogen and oxygen atoms in total. The Hall–Kier alpha value is -1.56. The topological polar surface area (TPSA) is 78.4 Å². The highest BCUT2D eigenvalue weighted by Gasteiger charge is 2.44. The molecule has 0 radical (unpaired) electrons. The molecule has 1 aromatic rings. The molecule has 6 heteroatoms. The van der Waals surface area contributed by atoms with Crippen LogP contribution < -0.4 is 10.6 Å². The Morgan fingerprint density at radius 2 is 1.90 bits per heavy atom. The number of urea groups is 1. The smallest absolute Gasteiger partial charge is 0.315 e. The monoisotopic (exact) mass is 298 g/mol. The lowest BCUT2D eigenvalue weighted by Gasteiger charge is -2.39. The van der Waals surface area contributed by atoms with Crippen LogP contribution in [0.3, 0.4) is 0 Å². The number of carbonyl (C=O) groups is 2. The number of hydrogen-bond donors (Lipinski definition) is 3. The van der Waals surface area contributed by atoms with Crippen molar-refractivity contribution >= 4 is 23.3 Å². The lowest BCUT2D eigenvalue weighted by Crippen LogP contribution is -2.59. The summed E-state index contributed by atoms with van der Waals surface area (Å²) in [6.07, 6.45) is 0. The van der Waals surface area contributed by atoms with Crippen LogP contribution in [0, 0.1) is 5.41 Å². The summed E-state index contributed by atoms with van der Waals surface area (Å²) in [6, 6.07) is 1.45. The summed E-state index contributed by atoms with van der Waals surface area (Å²) in [6.45, 7) is 8.48. The van der Waals surface area contributed by atoms with Crippen molar-refractivity contribution in [2.45, 2.75) is 46.2 Å². The quantitative estimate of drug-likeness (QED) is 0.782. The zero-order valence-corrected chi connectivity index (χ0v) is 13.3. The number of carboxylic acids is 1. The van der Waals surface area contributed by atoms with E-state index in [-0.39, 0.29) is 12.1 Å². The van der Waals surface area contributed by atoms with Crippen LogP contribution in [0.15, 0.2) is 16.8 Å². The molecule has 1 rings (SSSR count). The fourth-order valence-electron chi connectivity index (χ4n) is 1.54. The number of amides is 2. The van der Waals surface area contributed by atoms with Gasteiger partial charge in [0.05, 0.1) is 17.0 Å². The van der Waals surface area contributed by atoms with Crippen LogP contribution in [0.25, 0.3) is 0 Å². The van der Waals surface area contributed by atoms with Gasteiger partial charge in [0.2, 0.25) is 0 Å². The number of carbonyl (C=O) groups excluding carboxylic acids is 1. The molecule has 2 amide bonds. The van der Waals surface area contributed by atoms with Crippen molar-refractivity contribution in [3.05, 3.63) is 22.4 Å². The lowest BCUT2D eigenvalue weighted by molar-refractivity contribution is -0.150. The summed E-state index contributed by atoms with van der Waals surface area (Å²) in [5, 5.41) is 18.7. The van der Waals surface area contributed by atoms with Gasteiger partial charge in [-0.1, -0.05) is 0 Å². The van der Waals surface area contributed by atoms with Gasteiger partial charge in [-0.15, -0.1) is 0 Å². The van der Waals surface area contributed by atoms with Crippen molar-refractivity contribution in [3.8, 4) is 0 Å². The molecule has 0 bridgehead atoms. The molecule has 0 aliphatic rings. The first-order chi connectivity index (χ1) is 9.08. The largest absolute Gasteiger partial charge is 0.481 e. The maximum atomic E-state index is 12.0. The molecule has 3 N–H and O–H groups in total. The molecule has 0 aliphatic heterocycles. The number of carboxylic acid groups (broad SMARTS) is 1. The average molecular weight is 298 g/mol. The van der Waals surface area contributed by atoms with Gasteiger partial charge < -0.3 is 15.7 Å². The minimum absolute atomic E-state index is 0.120. The van der Waals surface area contributed by atoms with Gasteiger partial charge in [-0.3, -0.25) is 4.79 Å². The van der Waals surface area contributed by atoms with E-state index in [0.29, 0.717) is 0 Å². The summed E-state index contributed by atoms with van der Waals surface area (Å²) < 4.78 is 0. The third-order valence-electron chi connectivity index (χ3n) is 3.91. The van der Waals surface area contributed by atoms with E-state index >= 15 is 0 Å². The van der Waals surface area contributed by atoms with E-state index in [2.05, 4.69) is 10.6 Å². The van der Waals surface area contributed by atoms with Crippen molar-refractivity contribution in [2.24, 2.45) is 5.41 Å². The fourth-order valence-corrected chi connectivity index (χ4v) is 2.30. The van der Waals surface area contributed by atoms with Gasteiger partial charge in [0.15, 0.2) is 0 Å². The molecule has 1 heterocycles. The predicted molar refractivity (Wildman–Crippen MR) is 79.9 cm³/mol. The fraction of sp³-hybridized carbons (Fsp3) is 0.571. The molecular formula is C14H22N2O3S. The highest BCUT2D eigenvalue weighted by molar-refractivity contribution is 7.07. The van der Waals surface area contributed by atoms with Crippen molar-refractivity contribution in [2.75, 3.05) is 0 Å². The number of nitrogens with one attached hydrogen (secondary N) is 2. The van der Waals surface area contributed by atoms with Crippen molar-refractivity contribution in [1.29, 1.82) is 0 Å². The Morgan fingerprint density at radius 1 is 1.30 bits per heavy atom. The molecule has 0 saturated heterocycles. The van der Waals surface area contributed by atoms with E-state index < -0.39 is 16.9 Å². The molecular weight excluding hydrogens is 276 g/mol. The highest BCUT2D eigenvalue weighted by atomic mass is 32.1. The van der Waals surface area contributed by atoms with E-state index in [1.165, 1.54) is 0 Å². The summed E-state index contributed by atoms with van der Waals surface area (Å²) in [5.74, 6) is -0.950. The number of thiophene rings is 1. The molecule has 112 valence electrons. The van der Waals surface area contributed by atoms with Crippen LogP contribution in [0.2, 0.25) is 0 Å². The predicted octanol–water partition coefficient (Wildman–Crippen LogP) is 3.00. The molecule has 0 aliphatic carbocycles. The van der Waals surface area contributed by atoms with E-state index in [1.807, 2.05) is 23.8 Å². The Bertz CT molecular complexity index is 481. The molecule has 0 spiro atoms. The zero-order valence-electron chi connectivity index (χ0n) is 12.5. The third-order valence-corrected chi connectivity index (χ3v) is 4.62. The first-order valence-electron chi connectivity index (χ1n) is 6.42. The van der Waals surface area contributed by atoms with Crippen LogP contribution in [0.5, 0.6) is 0 Å². The van der Waals surface area contributed by atoms with Gasteiger partial charge in [-0.25, -0.2) is 4.79 Å². The second-order valence-electron chi connectivity index (χ2n) is 5.93. The molecule has 0 aromatic carbocycles. The molecule has 1 atom stereocenters. The van der Waals surface area contributed by atoms with E-state index in [9.17, 15) is 14.7 Å². The number of aliphatic carboxylic acids is 1. The van der Waals surface area contributed by atoms with Gasteiger partial charge in [-0.2, -0.15) is 11.3 Å². The second kappa shape index (κ2) is 5.83. The Labute approximate surface area is 123 Å². The van der Waals surface area contributed by atoms with Crippen LogP contribution in [0.4, 0.5) is 4.79 Å². The molecule has 20 heavy (non-hydrogen) atoms. The van der Waals surface area contributed by atoms with E-state index in [1.54, 1.807) is 39.0 Å². The van der Waals surface area contributed by atoms with Crippen LogP contribution in [0.1, 0.15) is 46.2 Å². The number of hydrogen-bond acceptors (Lipinski definition) is 3. The zero-order chi connectivity index (χ0) is 15.6. The minimum atomic E-state index is -1.07. The van der Waals surface area contributed by atoms with Crippen LogP contribution >= 0.6 is 11.3 Å². The van der Waals surface area contributed by atoms with Crippen LogP contribution in [-0.4, -0.2) is 22.6 Å². The summed E-state index contributed by atoms with van der Waals surface area (Å²) in [7, 11) is 0. The van der Waals surface area contributed by atoms with E-state index in [4.69, 9.17) is 0 Å². The number of rotatable bonds is 5.